The van der Waals surface area contributed by atoms with Crippen molar-refractivity contribution in [2.75, 3.05) is 36.9 Å². The Morgan fingerprint density at radius 1 is 0.851 bits per heavy atom. The van der Waals surface area contributed by atoms with Crippen molar-refractivity contribution in [3.05, 3.63) is 25.3 Å². The van der Waals surface area contributed by atoms with E-state index < -0.39 is 69.7 Å². The van der Waals surface area contributed by atoms with Crippen LogP contribution < -0.4 is 10.6 Å². The van der Waals surface area contributed by atoms with Crippen molar-refractivity contribution in [1.82, 2.24) is 39.0 Å². The normalized spacial score (nSPS) is 28.3. The largest absolute Gasteiger partial charge is 0.582 e. The van der Waals surface area contributed by atoms with Gasteiger partial charge in [0.15, 0.2) is 64.9 Å². The Morgan fingerprint density at radius 3 is 1.81 bits per heavy atom. The molecule has 0 saturated carbocycles. The fourth-order valence-corrected chi connectivity index (χ4v) is 7.12. The summed E-state index contributed by atoms with van der Waals surface area (Å²) in [6.45, 7) is 0.112. The summed E-state index contributed by atoms with van der Waals surface area (Å²) in [6, 6.07) is 0. The van der Waals surface area contributed by atoms with Crippen LogP contribution >= 0.6 is 39.7 Å². The molecule has 47 heavy (non-hydrogen) atoms. The summed E-state index contributed by atoms with van der Waals surface area (Å²) in [7, 11) is -2.68. The van der Waals surface area contributed by atoms with E-state index in [-0.39, 0.29) is 8.01 Å². The van der Waals surface area contributed by atoms with Gasteiger partial charge in [-0.3, -0.25) is 9.13 Å². The maximum Gasteiger partial charge on any atom is 0.582 e. The lowest BCUT2D eigenvalue weighted by Crippen LogP contribution is -2.31. The van der Waals surface area contributed by atoms with Crippen LogP contribution in [0.4, 0.5) is 20.4 Å². The summed E-state index contributed by atoms with van der Waals surface area (Å²) in [6.07, 6.45) is -2.90. The smallest absolute Gasteiger partial charge is 0.394 e. The minimum atomic E-state index is -2.42. The maximum atomic E-state index is 15.2. The Balaban J connectivity index is 1.04. The molecule has 0 amide bonds. The summed E-state index contributed by atoms with van der Waals surface area (Å²) in [5, 5.41) is 25.7. The first kappa shape index (κ1) is 34.4. The summed E-state index contributed by atoms with van der Waals surface area (Å²) in [4.78, 5) is 25.8. The molecule has 4 aromatic rings. The first-order valence-corrected chi connectivity index (χ1v) is 18.9. The van der Waals surface area contributed by atoms with Crippen LogP contribution in [0.15, 0.2) is 25.3 Å². The van der Waals surface area contributed by atoms with Crippen molar-refractivity contribution in [2.24, 2.45) is 0 Å². The Morgan fingerprint density at radius 2 is 1.34 bits per heavy atom. The van der Waals surface area contributed by atoms with Gasteiger partial charge in [0.1, 0.15) is 43.2 Å². The van der Waals surface area contributed by atoms with E-state index in [4.69, 9.17) is 18.5 Å². The zero-order valence-electron chi connectivity index (χ0n) is 24.3. The summed E-state index contributed by atoms with van der Waals surface area (Å²) >= 11 is 7.70. The third-order valence-electron chi connectivity index (χ3n) is 7.75. The summed E-state index contributed by atoms with van der Waals surface area (Å²) in [5.41, 5.74) is 1.49. The van der Waals surface area contributed by atoms with Crippen molar-refractivity contribution in [2.45, 2.75) is 62.1 Å². The number of fused-ring (bicyclic) bond motifs is 2. The van der Waals surface area contributed by atoms with Crippen LogP contribution in [0, 0.1) is 0 Å². The predicted molar refractivity (Wildman–Crippen MR) is 172 cm³/mol. The highest BCUT2D eigenvalue weighted by Crippen LogP contribution is 2.42. The lowest BCUT2D eigenvalue weighted by atomic mass is 10.1. The van der Waals surface area contributed by atoms with E-state index in [1.807, 2.05) is 0 Å². The van der Waals surface area contributed by atoms with Gasteiger partial charge >= 0.3 is 7.23 Å². The fraction of sp³-hybridized carbons (Fsp3) is 0.583. The lowest BCUT2D eigenvalue weighted by molar-refractivity contribution is -0.0427. The van der Waals surface area contributed by atoms with Gasteiger partial charge in [-0.1, -0.05) is 0 Å². The molecule has 0 aliphatic carbocycles. The molecule has 254 valence electrons. The zero-order chi connectivity index (χ0) is 33.1. The Hall–Kier alpha value is -2.45. The topological polar surface area (TPSA) is 206 Å². The Labute approximate surface area is 278 Å². The molecule has 0 bridgehead atoms. The van der Waals surface area contributed by atoms with E-state index >= 15 is 8.78 Å². The molecule has 2 aliphatic heterocycles. The van der Waals surface area contributed by atoms with Crippen LogP contribution in [0.1, 0.15) is 25.3 Å². The fourth-order valence-electron chi connectivity index (χ4n) is 5.56. The molecule has 6 rings (SSSR count). The number of alkyl halides is 2. The number of hydrogen-bond acceptors (Lipinski definition) is 16. The van der Waals surface area contributed by atoms with Gasteiger partial charge in [0.05, 0.1) is 33.9 Å². The molecule has 2 fully saturated rings. The average Bonchev–Trinajstić information content (AvgIpc) is 3.84. The number of halogens is 2. The van der Waals surface area contributed by atoms with E-state index in [2.05, 4.69) is 65.0 Å². The highest BCUT2D eigenvalue weighted by molar-refractivity contribution is 8.39. The van der Waals surface area contributed by atoms with Crippen LogP contribution in [0.25, 0.3) is 22.3 Å². The van der Waals surface area contributed by atoms with Crippen molar-refractivity contribution in [1.29, 1.82) is 0 Å². The van der Waals surface area contributed by atoms with Gasteiger partial charge in [-0.15, -0.1) is 16.8 Å². The number of rotatable bonds is 15. The molecule has 0 spiro atoms. The van der Waals surface area contributed by atoms with E-state index in [9.17, 15) is 14.8 Å². The molecule has 4 N–H and O–H groups in total. The van der Waals surface area contributed by atoms with Crippen LogP contribution in [0.3, 0.4) is 0 Å². The second-order valence-corrected chi connectivity index (χ2v) is 13.2. The highest BCUT2D eigenvalue weighted by Gasteiger charge is 2.51. The molecule has 10 atom stereocenters. The van der Waals surface area contributed by atoms with Gasteiger partial charge < -0.3 is 34.8 Å². The number of thiol groups is 2. The molecule has 23 heteroatoms. The third kappa shape index (κ3) is 7.01. The number of aliphatic hydroxyl groups is 2. The van der Waals surface area contributed by atoms with Gasteiger partial charge in [0.25, 0.3) is 0 Å². The van der Waals surface area contributed by atoms with Crippen LogP contribution in [0.5, 0.6) is 0 Å². The van der Waals surface area contributed by atoms with Crippen LogP contribution in [-0.4, -0.2) is 112 Å². The van der Waals surface area contributed by atoms with Gasteiger partial charge in [0, 0.05) is 13.1 Å². The quantitative estimate of drug-likeness (QED) is 0.0590. The van der Waals surface area contributed by atoms with Crippen molar-refractivity contribution in [3.8, 4) is 0 Å². The number of hydrogen-bond donors (Lipinski definition) is 6. The van der Waals surface area contributed by atoms with E-state index in [0.29, 0.717) is 53.5 Å². The van der Waals surface area contributed by atoms with Crippen LogP contribution in [0.2, 0.25) is 0 Å². The number of aromatic nitrogens is 8. The third-order valence-corrected chi connectivity index (χ3v) is 9.15. The standard InChI is InChI=1S/C24H30F2N10O7P2S2/c25-13-17(42-44-46)11(5-37)40-23(13)35-9-33-15-19(29-7-31-21(15)35)27-3-1-2-4-28-20-16-22(32-8-30-20)36(10-34-16)24-14(26)18(43-45(39)47)12(6-38)41-24/h7-14,17-18,23-24,37-38,44,46H,1-6H2,(H2-,27,28,29,30,31,32,39,47)/p+1/t11-,12-,13-,14-,17-,18-,23?,24-/m1/s1. The molecule has 0 radical (unpaired) electrons. The molecule has 2 saturated heterocycles. The molecule has 6 heterocycles. The summed E-state index contributed by atoms with van der Waals surface area (Å²) < 4.78 is 66.5. The monoisotopic (exact) mass is 735 g/mol. The van der Waals surface area contributed by atoms with Crippen molar-refractivity contribution >= 4 is 73.7 Å². The first-order valence-electron chi connectivity index (χ1n) is 14.4. The number of imidazole rings is 2. The van der Waals surface area contributed by atoms with Gasteiger partial charge in [-0.05, 0) is 17.4 Å². The molecular weight excluding hydrogens is 704 g/mol. The highest BCUT2D eigenvalue weighted by atomic mass is 32.7. The number of anilines is 2. The van der Waals surface area contributed by atoms with E-state index in [1.165, 1.54) is 34.4 Å². The number of nitrogens with one attached hydrogen (secondary N) is 2. The average molecular weight is 736 g/mol. The molecule has 3 unspecified atom stereocenters. The minimum absolute atomic E-state index is 0.264. The van der Waals surface area contributed by atoms with Crippen molar-refractivity contribution in [3.63, 3.8) is 0 Å². The summed E-state index contributed by atoms with van der Waals surface area (Å²) in [5.74, 6) is 0.911. The van der Waals surface area contributed by atoms with Crippen LogP contribution in [-0.2, 0) is 23.1 Å². The molecule has 17 nitrogen and oxygen atoms in total. The number of aliphatic hydroxyl groups excluding tert-OH is 2. The SMILES string of the molecule is O=[P+](S)O[C@H]1[C@@H](F)[C@H](n2cnc3c(NCCCCNc4ncnc5c4ncn5C4O[C@H](CO)[C@@H](OPS)[C@H]4F)ncnc32)O[C@@H]1CO. The van der Waals surface area contributed by atoms with E-state index in [1.54, 1.807) is 0 Å². The maximum absolute atomic E-state index is 15.2. The zero-order valence-corrected chi connectivity index (χ0v) is 28.0. The van der Waals surface area contributed by atoms with Crippen molar-refractivity contribution < 1.29 is 42.1 Å². The number of ether oxygens (including phenoxy) is 2. The van der Waals surface area contributed by atoms with Gasteiger partial charge in [-0.2, -0.15) is 0 Å². The van der Waals surface area contributed by atoms with Gasteiger partial charge in [0.2, 0.25) is 0 Å². The van der Waals surface area contributed by atoms with E-state index in [0.717, 1.165) is 6.42 Å². The lowest BCUT2D eigenvalue weighted by Gasteiger charge is -2.16. The molecule has 0 aromatic carbocycles. The Kier molecular flexibility index (Phi) is 11.3. The molecule has 4 aromatic heterocycles. The number of nitrogens with zero attached hydrogens (tertiary/aromatic N) is 8. The second-order valence-electron chi connectivity index (χ2n) is 10.5. The minimum Gasteiger partial charge on any atom is -0.394 e. The second kappa shape index (κ2) is 15.4. The van der Waals surface area contributed by atoms with Gasteiger partial charge in [-0.25, -0.2) is 38.7 Å². The molecular formula is C24H31F2N10O7P2S2+. The predicted octanol–water partition coefficient (Wildman–Crippen LogP) is 2.52. The first-order chi connectivity index (χ1) is 22.9. The number of unbranched alkanes of at least 4 members (excludes halogenated alkanes) is 1. The molecule has 2 aliphatic rings. The Bertz CT molecular complexity index is 1700.